The number of amides is 1. The molecule has 0 saturated heterocycles. The predicted molar refractivity (Wildman–Crippen MR) is 93.5 cm³/mol. The number of H-pyrrole nitrogens is 1. The molecule has 0 atom stereocenters. The molecule has 3 aromatic rings. The van der Waals surface area contributed by atoms with E-state index in [-0.39, 0.29) is 5.91 Å². The quantitative estimate of drug-likeness (QED) is 0.720. The van der Waals surface area contributed by atoms with Crippen LogP contribution in [0.1, 0.15) is 32.0 Å². The molecule has 2 N–H and O–H groups in total. The summed E-state index contributed by atoms with van der Waals surface area (Å²) in [6, 6.07) is 12.7. The number of nitrogens with one attached hydrogen (secondary N) is 2. The van der Waals surface area contributed by atoms with Gasteiger partial charge in [0.15, 0.2) is 0 Å². The number of para-hydroxylation sites is 1. The van der Waals surface area contributed by atoms with Crippen molar-refractivity contribution in [3.63, 3.8) is 0 Å². The van der Waals surface area contributed by atoms with Crippen molar-refractivity contribution in [3.05, 3.63) is 64.8 Å². The number of hydrogen-bond acceptors (Lipinski definition) is 3. The zero-order chi connectivity index (χ0) is 17.3. The third-order valence-electron chi connectivity index (χ3n) is 3.95. The number of methoxy groups -OCH3 is 1. The average Bonchev–Trinajstić information content (AvgIpc) is 2.89. The Labute approximate surface area is 139 Å². The lowest BCUT2D eigenvalue weighted by molar-refractivity contribution is 0.0602. The van der Waals surface area contributed by atoms with Gasteiger partial charge in [-0.25, -0.2) is 4.79 Å². The minimum absolute atomic E-state index is 0.263. The summed E-state index contributed by atoms with van der Waals surface area (Å²) in [4.78, 5) is 27.9. The van der Waals surface area contributed by atoms with E-state index in [1.54, 1.807) is 24.3 Å². The number of carbonyl (C=O) groups excluding carboxylic acids is 2. The number of benzene rings is 2. The summed E-state index contributed by atoms with van der Waals surface area (Å²) in [5, 5.41) is 3.68. The first-order chi connectivity index (χ1) is 11.5. The maximum Gasteiger partial charge on any atom is 0.339 e. The molecule has 5 heteroatoms. The van der Waals surface area contributed by atoms with E-state index in [9.17, 15) is 9.59 Å². The zero-order valence-corrected chi connectivity index (χ0v) is 13.8. The van der Waals surface area contributed by atoms with E-state index in [0.717, 1.165) is 22.2 Å². The second kappa shape index (κ2) is 6.20. The Balaban J connectivity index is 2.01. The maximum absolute atomic E-state index is 12.8. The Morgan fingerprint density at radius 1 is 1.08 bits per heavy atom. The molecule has 0 unspecified atom stereocenters. The third kappa shape index (κ3) is 2.76. The van der Waals surface area contributed by atoms with Crippen LogP contribution >= 0.6 is 0 Å². The maximum atomic E-state index is 12.8. The summed E-state index contributed by atoms with van der Waals surface area (Å²) in [5.74, 6) is -0.752. The van der Waals surface area contributed by atoms with E-state index >= 15 is 0 Å². The highest BCUT2D eigenvalue weighted by molar-refractivity contribution is 6.15. The monoisotopic (exact) mass is 322 g/mol. The summed E-state index contributed by atoms with van der Waals surface area (Å²) in [5.41, 5.74) is 4.09. The number of aryl methyl sites for hydroxylation is 2. The lowest BCUT2D eigenvalue weighted by Crippen LogP contribution is -2.16. The minimum Gasteiger partial charge on any atom is -0.465 e. The van der Waals surface area contributed by atoms with Gasteiger partial charge in [-0.1, -0.05) is 23.8 Å². The molecular formula is C19H18N2O3. The number of anilines is 1. The number of fused-ring (bicyclic) bond motifs is 1. The van der Waals surface area contributed by atoms with Crippen molar-refractivity contribution in [1.82, 2.24) is 4.98 Å². The van der Waals surface area contributed by atoms with Crippen molar-refractivity contribution < 1.29 is 14.3 Å². The van der Waals surface area contributed by atoms with Crippen LogP contribution in [0.5, 0.6) is 0 Å². The third-order valence-corrected chi connectivity index (χ3v) is 3.95. The van der Waals surface area contributed by atoms with Gasteiger partial charge in [-0.05, 0) is 38.1 Å². The molecule has 0 aliphatic carbocycles. The smallest absolute Gasteiger partial charge is 0.339 e. The largest absolute Gasteiger partial charge is 0.465 e. The highest BCUT2D eigenvalue weighted by Gasteiger charge is 2.19. The highest BCUT2D eigenvalue weighted by Crippen LogP contribution is 2.25. The summed E-state index contributed by atoms with van der Waals surface area (Å²) in [6.45, 7) is 3.84. The Bertz CT molecular complexity index is 941. The normalized spacial score (nSPS) is 10.6. The van der Waals surface area contributed by atoms with Gasteiger partial charge in [0.05, 0.1) is 23.9 Å². The molecule has 0 aliphatic rings. The van der Waals surface area contributed by atoms with E-state index in [1.807, 2.05) is 32.0 Å². The fourth-order valence-corrected chi connectivity index (χ4v) is 2.80. The van der Waals surface area contributed by atoms with Crippen LogP contribution in [0.25, 0.3) is 10.9 Å². The first-order valence-corrected chi connectivity index (χ1v) is 7.59. The Morgan fingerprint density at radius 3 is 2.58 bits per heavy atom. The molecule has 0 radical (unpaired) electrons. The standard InChI is InChI=1S/C19H18N2O3/c1-11-8-9-16-14(10-11)17(12(2)20-16)18(22)21-15-7-5-4-6-13(15)19(23)24-3/h4-10,20H,1-3H3,(H,21,22). The molecule has 0 fully saturated rings. The number of ether oxygens (including phenoxy) is 1. The molecular weight excluding hydrogens is 304 g/mol. The molecule has 0 saturated carbocycles. The van der Waals surface area contributed by atoms with Gasteiger partial charge >= 0.3 is 5.97 Å². The SMILES string of the molecule is COC(=O)c1ccccc1NC(=O)c1c(C)[nH]c2ccc(C)cc12. The lowest BCUT2D eigenvalue weighted by atomic mass is 10.1. The fourth-order valence-electron chi connectivity index (χ4n) is 2.80. The molecule has 1 aromatic heterocycles. The summed E-state index contributed by atoms with van der Waals surface area (Å²) in [7, 11) is 1.31. The number of rotatable bonds is 3. The van der Waals surface area contributed by atoms with E-state index in [0.29, 0.717) is 16.8 Å². The molecule has 122 valence electrons. The van der Waals surface area contributed by atoms with Gasteiger partial charge in [-0.3, -0.25) is 4.79 Å². The number of carbonyl (C=O) groups is 2. The number of aromatic amines is 1. The average molecular weight is 322 g/mol. The summed E-state index contributed by atoms with van der Waals surface area (Å²) < 4.78 is 4.76. The first kappa shape index (κ1) is 15.8. The van der Waals surface area contributed by atoms with Crippen LogP contribution < -0.4 is 5.32 Å². The molecule has 2 aromatic carbocycles. The van der Waals surface area contributed by atoms with Crippen LogP contribution in [0.2, 0.25) is 0 Å². The highest BCUT2D eigenvalue weighted by atomic mass is 16.5. The van der Waals surface area contributed by atoms with Crippen LogP contribution in [0.3, 0.4) is 0 Å². The van der Waals surface area contributed by atoms with Gasteiger partial charge < -0.3 is 15.0 Å². The molecule has 3 rings (SSSR count). The van der Waals surface area contributed by atoms with E-state index in [4.69, 9.17) is 4.74 Å². The van der Waals surface area contributed by atoms with E-state index in [2.05, 4.69) is 10.3 Å². The minimum atomic E-state index is -0.489. The van der Waals surface area contributed by atoms with Crippen LogP contribution in [0.15, 0.2) is 42.5 Å². The first-order valence-electron chi connectivity index (χ1n) is 7.59. The lowest BCUT2D eigenvalue weighted by Gasteiger charge is -2.10. The molecule has 1 heterocycles. The van der Waals surface area contributed by atoms with Crippen LogP contribution in [-0.4, -0.2) is 24.0 Å². The van der Waals surface area contributed by atoms with E-state index in [1.165, 1.54) is 7.11 Å². The van der Waals surface area contributed by atoms with Crippen molar-refractivity contribution in [1.29, 1.82) is 0 Å². The van der Waals surface area contributed by atoms with Gasteiger partial charge in [0.1, 0.15) is 0 Å². The Hall–Kier alpha value is -3.08. The van der Waals surface area contributed by atoms with Crippen molar-refractivity contribution in [2.45, 2.75) is 13.8 Å². The van der Waals surface area contributed by atoms with Crippen molar-refractivity contribution in [2.24, 2.45) is 0 Å². The molecule has 0 bridgehead atoms. The predicted octanol–water partition coefficient (Wildman–Crippen LogP) is 3.82. The Kier molecular flexibility index (Phi) is 4.08. The topological polar surface area (TPSA) is 71.2 Å². The fraction of sp³-hybridized carbons (Fsp3) is 0.158. The second-order valence-electron chi connectivity index (χ2n) is 5.67. The van der Waals surface area contributed by atoms with Crippen molar-refractivity contribution in [2.75, 3.05) is 12.4 Å². The molecule has 0 aliphatic heterocycles. The number of hydrogen-bond donors (Lipinski definition) is 2. The van der Waals surface area contributed by atoms with Gasteiger partial charge in [-0.15, -0.1) is 0 Å². The van der Waals surface area contributed by atoms with Crippen LogP contribution in [0.4, 0.5) is 5.69 Å². The second-order valence-corrected chi connectivity index (χ2v) is 5.67. The van der Waals surface area contributed by atoms with Crippen LogP contribution in [0, 0.1) is 13.8 Å². The van der Waals surface area contributed by atoms with Crippen molar-refractivity contribution in [3.8, 4) is 0 Å². The summed E-state index contributed by atoms with van der Waals surface area (Å²) in [6.07, 6.45) is 0. The van der Waals surface area contributed by atoms with Gasteiger partial charge in [0.2, 0.25) is 0 Å². The van der Waals surface area contributed by atoms with Gasteiger partial charge in [-0.2, -0.15) is 0 Å². The molecule has 1 amide bonds. The van der Waals surface area contributed by atoms with Crippen LogP contribution in [-0.2, 0) is 4.74 Å². The molecule has 0 spiro atoms. The molecule has 5 nitrogen and oxygen atoms in total. The Morgan fingerprint density at radius 2 is 1.83 bits per heavy atom. The van der Waals surface area contributed by atoms with Gasteiger partial charge in [0, 0.05) is 16.6 Å². The van der Waals surface area contributed by atoms with Crippen molar-refractivity contribution >= 4 is 28.5 Å². The number of esters is 1. The zero-order valence-electron chi connectivity index (χ0n) is 13.8. The summed E-state index contributed by atoms with van der Waals surface area (Å²) >= 11 is 0. The number of aromatic nitrogens is 1. The van der Waals surface area contributed by atoms with E-state index < -0.39 is 5.97 Å². The molecule has 24 heavy (non-hydrogen) atoms. The van der Waals surface area contributed by atoms with Gasteiger partial charge in [0.25, 0.3) is 5.91 Å².